The molecule has 1 unspecified atom stereocenters. The molecule has 0 saturated carbocycles. The Morgan fingerprint density at radius 3 is 2.33 bits per heavy atom. The molecule has 2 saturated heterocycles. The quantitative estimate of drug-likeness (QED) is 0.759. The third kappa shape index (κ3) is 5.64. The van der Waals surface area contributed by atoms with Crippen LogP contribution in [0.3, 0.4) is 0 Å². The highest BCUT2D eigenvalue weighted by atomic mass is 16.5. The van der Waals surface area contributed by atoms with E-state index >= 15 is 0 Å². The molecule has 2 aliphatic heterocycles. The maximum atomic E-state index is 12.8. The summed E-state index contributed by atoms with van der Waals surface area (Å²) in [6.07, 6.45) is 1.41. The third-order valence-electron chi connectivity index (χ3n) is 5.98. The summed E-state index contributed by atoms with van der Waals surface area (Å²) in [6.45, 7) is 4.91. The van der Waals surface area contributed by atoms with Gasteiger partial charge in [0.05, 0.1) is 26.4 Å². The predicted molar refractivity (Wildman–Crippen MR) is 115 cm³/mol. The van der Waals surface area contributed by atoms with Crippen molar-refractivity contribution < 1.29 is 19.1 Å². The molecule has 2 fully saturated rings. The molecule has 8 heteroatoms. The van der Waals surface area contributed by atoms with Gasteiger partial charge in [-0.1, -0.05) is 12.1 Å². The molecule has 0 radical (unpaired) electrons. The van der Waals surface area contributed by atoms with Crippen molar-refractivity contribution in [2.45, 2.75) is 18.9 Å². The summed E-state index contributed by atoms with van der Waals surface area (Å²) in [7, 11) is 5.17. The van der Waals surface area contributed by atoms with E-state index in [0.29, 0.717) is 45.7 Å². The zero-order valence-electron chi connectivity index (χ0n) is 18.3. The highest BCUT2D eigenvalue weighted by Crippen LogP contribution is 2.24. The van der Waals surface area contributed by atoms with E-state index in [9.17, 15) is 9.59 Å². The highest BCUT2D eigenvalue weighted by molar-refractivity contribution is 5.79. The Balaban J connectivity index is 1.58. The van der Waals surface area contributed by atoms with Gasteiger partial charge in [0.2, 0.25) is 5.91 Å². The van der Waals surface area contributed by atoms with Crippen molar-refractivity contribution in [1.82, 2.24) is 20.0 Å². The lowest BCUT2D eigenvalue weighted by atomic mass is 9.95. The normalized spacial score (nSPS) is 19.2. The number of nitrogens with zero attached hydrogens (tertiary/aromatic N) is 3. The molecule has 0 aromatic heterocycles. The molecule has 30 heavy (non-hydrogen) atoms. The van der Waals surface area contributed by atoms with Crippen LogP contribution in [0.1, 0.15) is 24.4 Å². The number of carbonyl (C=O) groups is 2. The van der Waals surface area contributed by atoms with Crippen molar-refractivity contribution in [1.29, 1.82) is 0 Å². The first-order valence-electron chi connectivity index (χ1n) is 10.7. The summed E-state index contributed by atoms with van der Waals surface area (Å²) in [5, 5.41) is 3.18. The van der Waals surface area contributed by atoms with Gasteiger partial charge in [0, 0.05) is 52.7 Å². The number of nitrogens with one attached hydrogen (secondary N) is 1. The molecular formula is C22H34N4O4. The molecule has 1 aromatic carbocycles. The van der Waals surface area contributed by atoms with Crippen LogP contribution in [0.5, 0.6) is 5.75 Å². The fourth-order valence-electron chi connectivity index (χ4n) is 4.13. The number of urea groups is 1. The SMILES string of the molecule is COc1ccc(C(CNC(=O)C2CCN(C(=O)N(C)C)CC2)N2CCOCC2)cc1. The van der Waals surface area contributed by atoms with Gasteiger partial charge in [-0.3, -0.25) is 9.69 Å². The molecule has 2 aliphatic rings. The fourth-order valence-corrected chi connectivity index (χ4v) is 4.13. The van der Waals surface area contributed by atoms with Crippen LogP contribution in [-0.4, -0.2) is 93.8 Å². The second-order valence-electron chi connectivity index (χ2n) is 8.12. The first kappa shape index (κ1) is 22.4. The Bertz CT molecular complexity index is 696. The second kappa shape index (κ2) is 10.6. The number of rotatable bonds is 6. The number of hydrogen-bond acceptors (Lipinski definition) is 5. The van der Waals surface area contributed by atoms with Gasteiger partial charge >= 0.3 is 6.03 Å². The molecule has 2 heterocycles. The lowest BCUT2D eigenvalue weighted by molar-refractivity contribution is -0.126. The van der Waals surface area contributed by atoms with Gasteiger partial charge in [0.15, 0.2) is 0 Å². The number of ether oxygens (including phenoxy) is 2. The Hall–Kier alpha value is -2.32. The molecule has 166 valence electrons. The maximum absolute atomic E-state index is 12.8. The molecule has 8 nitrogen and oxygen atoms in total. The van der Waals surface area contributed by atoms with Crippen LogP contribution < -0.4 is 10.1 Å². The number of morpholine rings is 1. The Morgan fingerprint density at radius 1 is 1.13 bits per heavy atom. The predicted octanol–water partition coefficient (Wildman–Crippen LogP) is 1.58. The first-order valence-corrected chi connectivity index (χ1v) is 10.7. The molecule has 0 spiro atoms. The number of methoxy groups -OCH3 is 1. The smallest absolute Gasteiger partial charge is 0.319 e. The number of likely N-dealkylation sites (tertiary alicyclic amines) is 1. The van der Waals surface area contributed by atoms with E-state index in [-0.39, 0.29) is 23.9 Å². The molecule has 0 bridgehead atoms. The van der Waals surface area contributed by atoms with Gasteiger partial charge in [0.25, 0.3) is 0 Å². The minimum absolute atomic E-state index is 0.0146. The third-order valence-corrected chi connectivity index (χ3v) is 5.98. The summed E-state index contributed by atoms with van der Waals surface area (Å²) in [4.78, 5) is 30.7. The number of amides is 3. The lowest BCUT2D eigenvalue weighted by Crippen LogP contribution is -2.48. The number of benzene rings is 1. The van der Waals surface area contributed by atoms with Crippen LogP contribution in [0.15, 0.2) is 24.3 Å². The standard InChI is InChI=1S/C22H34N4O4/c1-24(2)22(28)26-10-8-18(9-11-26)21(27)23-16-20(25-12-14-30-15-13-25)17-4-6-19(29-3)7-5-17/h4-7,18,20H,8-16H2,1-3H3,(H,23,27). The van der Waals surface area contributed by atoms with Crippen LogP contribution in [0, 0.1) is 5.92 Å². The van der Waals surface area contributed by atoms with Crippen LogP contribution in [0.4, 0.5) is 4.79 Å². The van der Waals surface area contributed by atoms with E-state index < -0.39 is 0 Å². The average Bonchev–Trinajstić information content (AvgIpc) is 2.79. The molecule has 1 aromatic rings. The summed E-state index contributed by atoms with van der Waals surface area (Å²) in [5.41, 5.74) is 1.16. The molecule has 0 aliphatic carbocycles. The van der Waals surface area contributed by atoms with Crippen molar-refractivity contribution in [3.05, 3.63) is 29.8 Å². The van der Waals surface area contributed by atoms with E-state index in [2.05, 4.69) is 22.3 Å². The summed E-state index contributed by atoms with van der Waals surface area (Å²) in [6, 6.07) is 8.16. The zero-order valence-corrected chi connectivity index (χ0v) is 18.3. The minimum Gasteiger partial charge on any atom is -0.497 e. The van der Waals surface area contributed by atoms with E-state index in [1.165, 1.54) is 0 Å². The van der Waals surface area contributed by atoms with Gasteiger partial charge in [-0.25, -0.2) is 4.79 Å². The number of carbonyl (C=O) groups excluding carboxylic acids is 2. The molecule has 1 atom stereocenters. The molecule has 3 rings (SSSR count). The van der Waals surface area contributed by atoms with Crippen LogP contribution in [0.25, 0.3) is 0 Å². The lowest BCUT2D eigenvalue weighted by Gasteiger charge is -2.36. The van der Waals surface area contributed by atoms with E-state index in [1.807, 2.05) is 17.0 Å². The largest absolute Gasteiger partial charge is 0.497 e. The Labute approximate surface area is 179 Å². The van der Waals surface area contributed by atoms with Crippen molar-refractivity contribution in [2.75, 3.05) is 67.1 Å². The second-order valence-corrected chi connectivity index (χ2v) is 8.12. The topological polar surface area (TPSA) is 74.4 Å². The van der Waals surface area contributed by atoms with Gasteiger partial charge in [-0.15, -0.1) is 0 Å². The Morgan fingerprint density at radius 2 is 1.77 bits per heavy atom. The maximum Gasteiger partial charge on any atom is 0.319 e. The van der Waals surface area contributed by atoms with Gasteiger partial charge in [-0.05, 0) is 30.5 Å². The summed E-state index contributed by atoms with van der Waals surface area (Å²) in [5.74, 6) is 0.860. The fraction of sp³-hybridized carbons (Fsp3) is 0.636. The Kier molecular flexibility index (Phi) is 7.93. The zero-order chi connectivity index (χ0) is 21.5. The van der Waals surface area contributed by atoms with Crippen molar-refractivity contribution >= 4 is 11.9 Å². The van der Waals surface area contributed by atoms with Gasteiger partial charge in [0.1, 0.15) is 5.75 Å². The number of hydrogen-bond donors (Lipinski definition) is 1. The van der Waals surface area contributed by atoms with Gasteiger partial charge < -0.3 is 24.6 Å². The van der Waals surface area contributed by atoms with Crippen LogP contribution in [0.2, 0.25) is 0 Å². The summed E-state index contributed by atoms with van der Waals surface area (Å²) < 4.78 is 10.8. The molecular weight excluding hydrogens is 384 g/mol. The minimum atomic E-state index is -0.0441. The van der Waals surface area contributed by atoms with Crippen LogP contribution in [-0.2, 0) is 9.53 Å². The highest BCUT2D eigenvalue weighted by Gasteiger charge is 2.29. The van der Waals surface area contributed by atoms with Crippen molar-refractivity contribution in [3.8, 4) is 5.75 Å². The monoisotopic (exact) mass is 418 g/mol. The van der Waals surface area contributed by atoms with Crippen molar-refractivity contribution in [3.63, 3.8) is 0 Å². The molecule has 3 amide bonds. The first-order chi connectivity index (χ1) is 14.5. The summed E-state index contributed by atoms with van der Waals surface area (Å²) >= 11 is 0. The van der Waals surface area contributed by atoms with E-state index in [1.54, 1.807) is 26.1 Å². The molecule has 1 N–H and O–H groups in total. The van der Waals surface area contributed by atoms with Crippen LogP contribution >= 0.6 is 0 Å². The van der Waals surface area contributed by atoms with Gasteiger partial charge in [-0.2, -0.15) is 0 Å². The van der Waals surface area contributed by atoms with Crippen molar-refractivity contribution in [2.24, 2.45) is 5.92 Å². The van der Waals surface area contributed by atoms with E-state index in [0.717, 1.165) is 24.4 Å². The van der Waals surface area contributed by atoms with E-state index in [4.69, 9.17) is 9.47 Å². The number of piperidine rings is 1. The average molecular weight is 419 g/mol.